The van der Waals surface area contributed by atoms with Crippen LogP contribution in [0, 0.1) is 0 Å². The zero-order valence-corrected chi connectivity index (χ0v) is 15.4. The summed E-state index contributed by atoms with van der Waals surface area (Å²) in [6, 6.07) is 6.49. The molecule has 1 atom stereocenters. The van der Waals surface area contributed by atoms with E-state index in [1.165, 1.54) is 0 Å². The Morgan fingerprint density at radius 3 is 2.71 bits per heavy atom. The van der Waals surface area contributed by atoms with Crippen LogP contribution in [0.25, 0.3) is 0 Å². The quantitative estimate of drug-likeness (QED) is 0.688. The third kappa shape index (κ3) is 5.69. The van der Waals surface area contributed by atoms with Gasteiger partial charge in [0, 0.05) is 6.04 Å². The summed E-state index contributed by atoms with van der Waals surface area (Å²) in [5.74, 6) is 0.371. The number of carbonyl (C=O) groups is 2. The highest BCUT2D eigenvalue weighted by molar-refractivity contribution is 7.98. The van der Waals surface area contributed by atoms with Crippen molar-refractivity contribution in [2.75, 3.05) is 25.1 Å². The van der Waals surface area contributed by atoms with Gasteiger partial charge in [-0.05, 0) is 56.5 Å². The summed E-state index contributed by atoms with van der Waals surface area (Å²) in [5.41, 5.74) is 0.392. The molecule has 5 nitrogen and oxygen atoms in total. The van der Waals surface area contributed by atoms with Crippen LogP contribution in [0.3, 0.4) is 0 Å². The Hall–Kier alpha value is -1.24. The molecule has 1 heterocycles. The molecule has 132 valence electrons. The maximum absolute atomic E-state index is 12.6. The van der Waals surface area contributed by atoms with E-state index in [2.05, 4.69) is 16.0 Å². The predicted molar refractivity (Wildman–Crippen MR) is 99.7 cm³/mol. The molecule has 1 aromatic carbocycles. The Morgan fingerprint density at radius 2 is 2.04 bits per heavy atom. The summed E-state index contributed by atoms with van der Waals surface area (Å²) in [4.78, 5) is 25.0. The normalized spacial score (nSPS) is 16.4. The summed E-state index contributed by atoms with van der Waals surface area (Å²) in [5, 5.41) is 9.56. The fraction of sp³-hybridized carbons (Fsp3) is 0.529. The molecule has 0 spiro atoms. The highest BCUT2D eigenvalue weighted by atomic mass is 35.5. The largest absolute Gasteiger partial charge is 0.351 e. The SMILES string of the molecule is CSCCC(NC(=O)c1ccccc1Cl)C(=O)NC1CCNCC1. The van der Waals surface area contributed by atoms with E-state index in [4.69, 9.17) is 11.6 Å². The number of benzene rings is 1. The zero-order chi connectivity index (χ0) is 17.4. The number of halogens is 1. The van der Waals surface area contributed by atoms with Gasteiger partial charge in [0.05, 0.1) is 10.6 Å². The molecule has 0 saturated carbocycles. The summed E-state index contributed by atoms with van der Waals surface area (Å²) >= 11 is 7.72. The topological polar surface area (TPSA) is 70.2 Å². The summed E-state index contributed by atoms with van der Waals surface area (Å²) in [6.07, 6.45) is 4.41. The van der Waals surface area contributed by atoms with Gasteiger partial charge in [0.25, 0.3) is 5.91 Å². The van der Waals surface area contributed by atoms with Crippen LogP contribution >= 0.6 is 23.4 Å². The number of nitrogens with one attached hydrogen (secondary N) is 3. The van der Waals surface area contributed by atoms with Crippen molar-refractivity contribution in [3.63, 3.8) is 0 Å². The van der Waals surface area contributed by atoms with Crippen LogP contribution in [0.2, 0.25) is 5.02 Å². The van der Waals surface area contributed by atoms with Gasteiger partial charge < -0.3 is 16.0 Å². The minimum atomic E-state index is -0.545. The van der Waals surface area contributed by atoms with Crippen LogP contribution < -0.4 is 16.0 Å². The van der Waals surface area contributed by atoms with E-state index in [1.807, 2.05) is 6.26 Å². The molecule has 2 amide bonds. The number of piperidine rings is 1. The first-order valence-electron chi connectivity index (χ1n) is 8.17. The van der Waals surface area contributed by atoms with Crippen molar-refractivity contribution in [2.45, 2.75) is 31.3 Å². The fourth-order valence-corrected chi connectivity index (χ4v) is 3.35. The molecule has 3 N–H and O–H groups in total. The van der Waals surface area contributed by atoms with Gasteiger partial charge in [0.1, 0.15) is 6.04 Å². The lowest BCUT2D eigenvalue weighted by Gasteiger charge is -2.26. The van der Waals surface area contributed by atoms with Crippen LogP contribution in [0.1, 0.15) is 29.6 Å². The molecule has 0 bridgehead atoms. The van der Waals surface area contributed by atoms with E-state index in [-0.39, 0.29) is 17.9 Å². The summed E-state index contributed by atoms with van der Waals surface area (Å²) < 4.78 is 0. The molecule has 24 heavy (non-hydrogen) atoms. The minimum Gasteiger partial charge on any atom is -0.351 e. The average molecular weight is 370 g/mol. The molecule has 1 aromatic rings. The van der Waals surface area contributed by atoms with Gasteiger partial charge in [-0.2, -0.15) is 11.8 Å². The third-order valence-electron chi connectivity index (χ3n) is 4.04. The van der Waals surface area contributed by atoms with Crippen LogP contribution in [0.15, 0.2) is 24.3 Å². The Kier molecular flexibility index (Phi) is 7.88. The lowest BCUT2D eigenvalue weighted by atomic mass is 10.1. The maximum Gasteiger partial charge on any atom is 0.253 e. The van der Waals surface area contributed by atoms with Gasteiger partial charge in [-0.3, -0.25) is 9.59 Å². The van der Waals surface area contributed by atoms with E-state index in [1.54, 1.807) is 36.0 Å². The summed E-state index contributed by atoms with van der Waals surface area (Å²) in [7, 11) is 0. The number of carbonyl (C=O) groups excluding carboxylic acids is 2. The van der Waals surface area contributed by atoms with Crippen LogP contribution in [0.5, 0.6) is 0 Å². The molecule has 2 rings (SSSR count). The Morgan fingerprint density at radius 1 is 1.33 bits per heavy atom. The van der Waals surface area contributed by atoms with Crippen LogP contribution in [-0.4, -0.2) is 49.0 Å². The highest BCUT2D eigenvalue weighted by Crippen LogP contribution is 2.15. The fourth-order valence-electron chi connectivity index (χ4n) is 2.65. The number of thioether (sulfide) groups is 1. The Labute approximate surface area is 152 Å². The van der Waals surface area contributed by atoms with Gasteiger partial charge in [0.2, 0.25) is 5.91 Å². The number of amides is 2. The van der Waals surface area contributed by atoms with Gasteiger partial charge in [0.15, 0.2) is 0 Å². The second kappa shape index (κ2) is 9.91. The first-order valence-corrected chi connectivity index (χ1v) is 9.94. The Balaban J connectivity index is 1.99. The minimum absolute atomic E-state index is 0.114. The second-order valence-electron chi connectivity index (χ2n) is 5.82. The predicted octanol–water partition coefficient (Wildman–Crippen LogP) is 2.06. The van der Waals surface area contributed by atoms with Crippen molar-refractivity contribution in [3.05, 3.63) is 34.9 Å². The molecule has 0 aromatic heterocycles. The zero-order valence-electron chi connectivity index (χ0n) is 13.8. The Bertz CT molecular complexity index is 565. The van der Waals surface area contributed by atoms with Gasteiger partial charge in [-0.1, -0.05) is 23.7 Å². The van der Waals surface area contributed by atoms with Gasteiger partial charge in [-0.15, -0.1) is 0 Å². The monoisotopic (exact) mass is 369 g/mol. The molecule has 1 aliphatic heterocycles. The number of hydrogen-bond acceptors (Lipinski definition) is 4. The maximum atomic E-state index is 12.6. The molecular formula is C17H24ClN3O2S. The molecular weight excluding hydrogens is 346 g/mol. The van der Waals surface area contributed by atoms with Crippen LogP contribution in [0.4, 0.5) is 0 Å². The van der Waals surface area contributed by atoms with Gasteiger partial charge in [-0.25, -0.2) is 0 Å². The molecule has 1 aliphatic rings. The standard InChI is InChI=1S/C17H24ClN3O2S/c1-24-11-8-15(17(23)20-12-6-9-19-10-7-12)21-16(22)13-4-2-3-5-14(13)18/h2-5,12,15,19H,6-11H2,1H3,(H,20,23)(H,21,22). The van der Waals surface area contributed by atoms with Crippen molar-refractivity contribution in [1.82, 2.24) is 16.0 Å². The molecule has 0 radical (unpaired) electrons. The van der Waals surface area contributed by atoms with E-state index >= 15 is 0 Å². The second-order valence-corrected chi connectivity index (χ2v) is 7.21. The molecule has 1 saturated heterocycles. The lowest BCUT2D eigenvalue weighted by Crippen LogP contribution is -2.51. The number of hydrogen-bond donors (Lipinski definition) is 3. The van der Waals surface area contributed by atoms with Crippen molar-refractivity contribution in [1.29, 1.82) is 0 Å². The molecule has 1 fully saturated rings. The molecule has 1 unspecified atom stereocenters. The number of rotatable bonds is 7. The van der Waals surface area contributed by atoms with Gasteiger partial charge >= 0.3 is 0 Å². The van der Waals surface area contributed by atoms with Crippen molar-refractivity contribution < 1.29 is 9.59 Å². The van der Waals surface area contributed by atoms with E-state index in [0.717, 1.165) is 31.7 Å². The lowest BCUT2D eigenvalue weighted by molar-refractivity contribution is -0.123. The first kappa shape index (κ1) is 19.1. The highest BCUT2D eigenvalue weighted by Gasteiger charge is 2.24. The molecule has 0 aliphatic carbocycles. The van der Waals surface area contributed by atoms with Crippen molar-refractivity contribution in [2.24, 2.45) is 0 Å². The van der Waals surface area contributed by atoms with E-state index in [9.17, 15) is 9.59 Å². The van der Waals surface area contributed by atoms with Crippen LogP contribution in [-0.2, 0) is 4.79 Å². The first-order chi connectivity index (χ1) is 11.6. The molecule has 7 heteroatoms. The summed E-state index contributed by atoms with van der Waals surface area (Å²) in [6.45, 7) is 1.82. The smallest absolute Gasteiger partial charge is 0.253 e. The van der Waals surface area contributed by atoms with Crippen molar-refractivity contribution >= 4 is 35.2 Å². The van der Waals surface area contributed by atoms with E-state index in [0.29, 0.717) is 17.0 Å². The average Bonchev–Trinajstić information content (AvgIpc) is 2.59. The van der Waals surface area contributed by atoms with E-state index < -0.39 is 6.04 Å². The third-order valence-corrected chi connectivity index (χ3v) is 5.01. The van der Waals surface area contributed by atoms with Crippen molar-refractivity contribution in [3.8, 4) is 0 Å².